The van der Waals surface area contributed by atoms with E-state index in [-0.39, 0.29) is 30.7 Å². The van der Waals surface area contributed by atoms with Crippen LogP contribution in [0.15, 0.2) is 35.3 Å². The average Bonchev–Trinajstić information content (AvgIpc) is 2.69. The molecule has 0 heterocycles. The van der Waals surface area contributed by atoms with Crippen molar-refractivity contribution >= 4 is 6.29 Å². The standard InChI is InChI=1S/C20H31N3O7/c1-2-3-4-5-6-7-9-12-18(21(25)26)14-15-20(23(29)30)17-19(22(27)28)13-10-8-11-16-24/h12-13,15-16H,2-11,14,17H2,1H3/b18-12+,19-13+,20-15+. The number of carbonyl (C=O) groups excluding carboxylic acids is 1. The zero-order valence-corrected chi connectivity index (χ0v) is 17.5. The number of unbranched alkanes of at least 4 members (excludes halogenated alkanes) is 8. The lowest BCUT2D eigenvalue weighted by atomic mass is 10.1. The van der Waals surface area contributed by atoms with Gasteiger partial charge in [-0.05, 0) is 37.8 Å². The van der Waals surface area contributed by atoms with E-state index in [4.69, 9.17) is 0 Å². The first-order valence-electron chi connectivity index (χ1n) is 10.3. The zero-order chi connectivity index (χ0) is 22.8. The van der Waals surface area contributed by atoms with Gasteiger partial charge in [-0.2, -0.15) is 0 Å². The highest BCUT2D eigenvalue weighted by Gasteiger charge is 2.22. The molecule has 168 valence electrons. The third-order valence-corrected chi connectivity index (χ3v) is 4.46. The van der Waals surface area contributed by atoms with Crippen LogP contribution in [-0.2, 0) is 4.79 Å². The van der Waals surface area contributed by atoms with Crippen LogP contribution in [0.3, 0.4) is 0 Å². The quantitative estimate of drug-likeness (QED) is 0.124. The van der Waals surface area contributed by atoms with E-state index in [1.807, 2.05) is 0 Å². The summed E-state index contributed by atoms with van der Waals surface area (Å²) in [5.74, 6) is 0. The first-order chi connectivity index (χ1) is 14.3. The van der Waals surface area contributed by atoms with Crippen LogP contribution in [-0.4, -0.2) is 21.1 Å². The van der Waals surface area contributed by atoms with Crippen molar-refractivity contribution in [2.75, 3.05) is 0 Å². The Bertz CT molecular complexity index is 669. The molecule has 0 atom stereocenters. The molecule has 0 unspecified atom stereocenters. The van der Waals surface area contributed by atoms with Crippen molar-refractivity contribution < 1.29 is 19.6 Å². The molecule has 0 amide bonds. The fourth-order valence-electron chi connectivity index (χ4n) is 2.73. The Morgan fingerprint density at radius 2 is 1.17 bits per heavy atom. The van der Waals surface area contributed by atoms with Gasteiger partial charge < -0.3 is 4.79 Å². The summed E-state index contributed by atoms with van der Waals surface area (Å²) in [5, 5.41) is 33.6. The average molecular weight is 425 g/mol. The molecule has 0 rings (SSSR count). The molecular weight excluding hydrogens is 394 g/mol. The first kappa shape index (κ1) is 27.1. The fourth-order valence-corrected chi connectivity index (χ4v) is 2.73. The molecule has 0 aromatic heterocycles. The fraction of sp³-hybridized carbons (Fsp3) is 0.650. The Hall–Kier alpha value is -2.91. The van der Waals surface area contributed by atoms with Crippen LogP contribution in [0.5, 0.6) is 0 Å². The van der Waals surface area contributed by atoms with Crippen molar-refractivity contribution in [3.63, 3.8) is 0 Å². The molecule has 0 aliphatic rings. The maximum Gasteiger partial charge on any atom is 0.253 e. The summed E-state index contributed by atoms with van der Waals surface area (Å²) >= 11 is 0. The summed E-state index contributed by atoms with van der Waals surface area (Å²) in [5.41, 5.74) is -0.969. The normalized spacial score (nSPS) is 12.6. The van der Waals surface area contributed by atoms with E-state index in [2.05, 4.69) is 6.92 Å². The van der Waals surface area contributed by atoms with Crippen LogP contribution >= 0.6 is 0 Å². The Kier molecular flexibility index (Phi) is 15.3. The van der Waals surface area contributed by atoms with Crippen LogP contribution < -0.4 is 0 Å². The van der Waals surface area contributed by atoms with Crippen LogP contribution in [0.25, 0.3) is 0 Å². The largest absolute Gasteiger partial charge is 0.303 e. The van der Waals surface area contributed by atoms with Gasteiger partial charge in [0, 0.05) is 12.5 Å². The van der Waals surface area contributed by atoms with Crippen molar-refractivity contribution in [1.82, 2.24) is 0 Å². The molecule has 0 radical (unpaired) electrons. The molecule has 0 saturated heterocycles. The van der Waals surface area contributed by atoms with Crippen molar-refractivity contribution in [2.45, 2.75) is 84.0 Å². The maximum absolute atomic E-state index is 11.3. The summed E-state index contributed by atoms with van der Waals surface area (Å²) in [7, 11) is 0. The van der Waals surface area contributed by atoms with E-state index >= 15 is 0 Å². The molecule has 0 aliphatic carbocycles. The molecule has 10 nitrogen and oxygen atoms in total. The van der Waals surface area contributed by atoms with Crippen molar-refractivity contribution in [2.24, 2.45) is 0 Å². The smallest absolute Gasteiger partial charge is 0.253 e. The van der Waals surface area contributed by atoms with Gasteiger partial charge in [-0.1, -0.05) is 39.0 Å². The number of nitrogens with zero attached hydrogens (tertiary/aromatic N) is 3. The molecule has 0 aromatic rings. The molecule has 0 N–H and O–H groups in total. The van der Waals surface area contributed by atoms with E-state index in [9.17, 15) is 35.1 Å². The Morgan fingerprint density at radius 3 is 1.73 bits per heavy atom. The highest BCUT2D eigenvalue weighted by Crippen LogP contribution is 2.17. The van der Waals surface area contributed by atoms with E-state index in [1.54, 1.807) is 0 Å². The summed E-state index contributed by atoms with van der Waals surface area (Å²) in [6.07, 6.45) is 11.4. The van der Waals surface area contributed by atoms with E-state index < -0.39 is 26.9 Å². The van der Waals surface area contributed by atoms with Gasteiger partial charge in [0.25, 0.3) is 11.4 Å². The topological polar surface area (TPSA) is 146 Å². The highest BCUT2D eigenvalue weighted by atomic mass is 16.6. The van der Waals surface area contributed by atoms with Gasteiger partial charge in [-0.3, -0.25) is 30.3 Å². The Labute approximate surface area is 176 Å². The molecule has 10 heteroatoms. The van der Waals surface area contributed by atoms with Gasteiger partial charge in [0.15, 0.2) is 0 Å². The van der Waals surface area contributed by atoms with E-state index in [1.165, 1.54) is 18.6 Å². The first-order valence-corrected chi connectivity index (χ1v) is 10.3. The van der Waals surface area contributed by atoms with Crippen molar-refractivity contribution in [3.05, 3.63) is 65.7 Å². The Morgan fingerprint density at radius 1 is 0.667 bits per heavy atom. The van der Waals surface area contributed by atoms with Gasteiger partial charge in [0.2, 0.25) is 5.70 Å². The van der Waals surface area contributed by atoms with Gasteiger partial charge in [0.05, 0.1) is 21.2 Å². The van der Waals surface area contributed by atoms with Gasteiger partial charge in [0.1, 0.15) is 12.7 Å². The summed E-state index contributed by atoms with van der Waals surface area (Å²) in [4.78, 5) is 41.9. The number of hydrogen-bond acceptors (Lipinski definition) is 7. The molecule has 0 aromatic carbocycles. The highest BCUT2D eigenvalue weighted by molar-refractivity contribution is 5.49. The number of aldehydes is 1. The van der Waals surface area contributed by atoms with Crippen LogP contribution in [0.2, 0.25) is 0 Å². The lowest BCUT2D eigenvalue weighted by Crippen LogP contribution is -2.07. The number of rotatable bonds is 18. The molecular formula is C20H31N3O7. The minimum Gasteiger partial charge on any atom is -0.303 e. The number of carbonyl (C=O) groups is 1. The minimum absolute atomic E-state index is 0.152. The second-order valence-electron chi connectivity index (χ2n) is 6.89. The van der Waals surface area contributed by atoms with Crippen LogP contribution in [0.4, 0.5) is 0 Å². The zero-order valence-electron chi connectivity index (χ0n) is 17.5. The minimum atomic E-state index is -0.756. The SMILES string of the molecule is CCCCCCCC/C=C(\C/C=C(\C/C(=C\CCCC=O)[N+](=O)[O-])[N+](=O)[O-])[N+](=O)[O-]. The molecule has 0 spiro atoms. The van der Waals surface area contributed by atoms with Gasteiger partial charge in [-0.15, -0.1) is 0 Å². The molecule has 0 aliphatic heterocycles. The van der Waals surface area contributed by atoms with E-state index in [0.29, 0.717) is 19.1 Å². The molecule has 0 saturated carbocycles. The molecule has 30 heavy (non-hydrogen) atoms. The van der Waals surface area contributed by atoms with Crippen molar-refractivity contribution in [3.8, 4) is 0 Å². The maximum atomic E-state index is 11.3. The van der Waals surface area contributed by atoms with Crippen LogP contribution in [0.1, 0.15) is 84.0 Å². The second kappa shape index (κ2) is 17.0. The Balaban J connectivity index is 5.00. The summed E-state index contributed by atoms with van der Waals surface area (Å²) in [6, 6.07) is 0. The predicted octanol–water partition coefficient (Wildman–Crippen LogP) is 5.37. The number of allylic oxidation sites excluding steroid dienone is 3. The lowest BCUT2D eigenvalue weighted by molar-refractivity contribution is -0.450. The number of nitro groups is 3. The van der Waals surface area contributed by atoms with Gasteiger partial charge >= 0.3 is 0 Å². The summed E-state index contributed by atoms with van der Waals surface area (Å²) < 4.78 is 0. The predicted molar refractivity (Wildman–Crippen MR) is 112 cm³/mol. The monoisotopic (exact) mass is 425 g/mol. The second-order valence-corrected chi connectivity index (χ2v) is 6.89. The third kappa shape index (κ3) is 13.3. The third-order valence-electron chi connectivity index (χ3n) is 4.46. The van der Waals surface area contributed by atoms with Crippen molar-refractivity contribution in [1.29, 1.82) is 0 Å². The van der Waals surface area contributed by atoms with Gasteiger partial charge in [-0.25, -0.2) is 0 Å². The summed E-state index contributed by atoms with van der Waals surface area (Å²) in [6.45, 7) is 2.12. The molecule has 0 fully saturated rings. The number of hydrogen-bond donors (Lipinski definition) is 0. The molecule has 0 bridgehead atoms. The lowest BCUT2D eigenvalue weighted by Gasteiger charge is -2.00. The van der Waals surface area contributed by atoms with E-state index in [0.717, 1.165) is 38.2 Å². The van der Waals surface area contributed by atoms with Crippen LogP contribution in [0, 0.1) is 30.3 Å².